The van der Waals surface area contributed by atoms with E-state index in [9.17, 15) is 9.59 Å². The summed E-state index contributed by atoms with van der Waals surface area (Å²) >= 11 is 0. The fourth-order valence-electron chi connectivity index (χ4n) is 3.92. The zero-order valence-electron chi connectivity index (χ0n) is 18.8. The molecule has 3 heterocycles. The Hall–Kier alpha value is -1.97. The maximum absolute atomic E-state index is 12.7. The molecule has 2 saturated heterocycles. The first-order chi connectivity index (χ1) is 14.2. The van der Waals surface area contributed by atoms with E-state index in [1.54, 1.807) is 0 Å². The summed E-state index contributed by atoms with van der Waals surface area (Å²) in [6, 6.07) is 1.97. The molecule has 2 aliphatic rings. The molecule has 0 spiro atoms. The van der Waals surface area contributed by atoms with Crippen molar-refractivity contribution in [1.29, 1.82) is 0 Å². The van der Waals surface area contributed by atoms with Crippen molar-refractivity contribution in [3.63, 3.8) is 0 Å². The molecule has 3 rings (SSSR count). The van der Waals surface area contributed by atoms with Crippen LogP contribution in [0.5, 0.6) is 0 Å². The molecule has 30 heavy (non-hydrogen) atoms. The van der Waals surface area contributed by atoms with Crippen molar-refractivity contribution in [3.8, 4) is 0 Å². The summed E-state index contributed by atoms with van der Waals surface area (Å²) in [6.45, 7) is 16.0. The molecular weight excluding hydrogens is 384 g/mol. The zero-order valence-corrected chi connectivity index (χ0v) is 18.8. The summed E-state index contributed by atoms with van der Waals surface area (Å²) in [6.07, 6.45) is 0. The molecule has 0 saturated carbocycles. The molecule has 9 heteroatoms. The average molecular weight is 421 g/mol. The lowest BCUT2D eigenvalue weighted by Gasteiger charge is -2.37. The normalized spacial score (nSPS) is 19.8. The van der Waals surface area contributed by atoms with Crippen LogP contribution >= 0.6 is 0 Å². The SMILES string of the molecule is Cc1cc(CN2CCN(CC(=O)N3CCN(CC(=O)NC(C)(C)C)CC3)CC2)on1. The van der Waals surface area contributed by atoms with Crippen LogP contribution in [0, 0.1) is 6.92 Å². The molecule has 0 bridgehead atoms. The lowest BCUT2D eigenvalue weighted by atomic mass is 10.1. The number of hydrogen-bond acceptors (Lipinski definition) is 7. The van der Waals surface area contributed by atoms with E-state index in [0.29, 0.717) is 26.2 Å². The van der Waals surface area contributed by atoms with E-state index in [4.69, 9.17) is 4.52 Å². The topological polar surface area (TPSA) is 85.2 Å². The summed E-state index contributed by atoms with van der Waals surface area (Å²) in [7, 11) is 0. The first kappa shape index (κ1) is 22.7. The molecule has 1 aromatic heterocycles. The molecule has 2 amide bonds. The molecule has 0 aromatic carbocycles. The van der Waals surface area contributed by atoms with Gasteiger partial charge in [0.1, 0.15) is 0 Å². The number of amides is 2. The molecule has 9 nitrogen and oxygen atoms in total. The van der Waals surface area contributed by atoms with Crippen molar-refractivity contribution in [1.82, 2.24) is 30.1 Å². The van der Waals surface area contributed by atoms with Gasteiger partial charge in [0.05, 0.1) is 25.3 Å². The molecule has 2 fully saturated rings. The minimum absolute atomic E-state index is 0.0423. The summed E-state index contributed by atoms with van der Waals surface area (Å²) in [5, 5.41) is 6.93. The molecular formula is C21H36N6O3. The van der Waals surface area contributed by atoms with Gasteiger partial charge in [0.2, 0.25) is 11.8 Å². The number of aromatic nitrogens is 1. The highest BCUT2D eigenvalue weighted by Crippen LogP contribution is 2.11. The molecule has 1 aromatic rings. The van der Waals surface area contributed by atoms with E-state index < -0.39 is 0 Å². The van der Waals surface area contributed by atoms with Crippen LogP contribution in [0.4, 0.5) is 0 Å². The van der Waals surface area contributed by atoms with Crippen molar-refractivity contribution in [2.24, 2.45) is 0 Å². The Morgan fingerprint density at radius 1 is 0.967 bits per heavy atom. The van der Waals surface area contributed by atoms with Gasteiger partial charge in [0.25, 0.3) is 0 Å². The van der Waals surface area contributed by atoms with Crippen LogP contribution in [0.1, 0.15) is 32.2 Å². The fraction of sp³-hybridized carbons (Fsp3) is 0.762. The van der Waals surface area contributed by atoms with Gasteiger partial charge >= 0.3 is 0 Å². The number of piperazine rings is 2. The Balaban J connectivity index is 1.34. The van der Waals surface area contributed by atoms with Crippen molar-refractivity contribution in [3.05, 3.63) is 17.5 Å². The largest absolute Gasteiger partial charge is 0.360 e. The van der Waals surface area contributed by atoms with Crippen LogP contribution in [-0.4, -0.2) is 108 Å². The first-order valence-corrected chi connectivity index (χ1v) is 10.9. The first-order valence-electron chi connectivity index (χ1n) is 10.9. The lowest BCUT2D eigenvalue weighted by molar-refractivity contribution is -0.135. The van der Waals surface area contributed by atoms with Crippen LogP contribution in [0.25, 0.3) is 0 Å². The third-order valence-corrected chi connectivity index (χ3v) is 5.49. The molecule has 0 aliphatic carbocycles. The smallest absolute Gasteiger partial charge is 0.236 e. The van der Waals surface area contributed by atoms with Crippen LogP contribution in [0.2, 0.25) is 0 Å². The number of nitrogens with zero attached hydrogens (tertiary/aromatic N) is 5. The van der Waals surface area contributed by atoms with Crippen molar-refractivity contribution in [2.75, 3.05) is 65.4 Å². The fourth-order valence-corrected chi connectivity index (χ4v) is 3.92. The monoisotopic (exact) mass is 420 g/mol. The zero-order chi connectivity index (χ0) is 21.7. The molecule has 2 aliphatic heterocycles. The highest BCUT2D eigenvalue weighted by atomic mass is 16.5. The lowest BCUT2D eigenvalue weighted by Crippen LogP contribution is -2.55. The van der Waals surface area contributed by atoms with Crippen LogP contribution in [0.3, 0.4) is 0 Å². The average Bonchev–Trinajstić information content (AvgIpc) is 3.07. The summed E-state index contributed by atoms with van der Waals surface area (Å²) in [5.74, 6) is 1.12. The number of carbonyl (C=O) groups is 2. The van der Waals surface area contributed by atoms with Gasteiger partial charge in [-0.05, 0) is 27.7 Å². The van der Waals surface area contributed by atoms with E-state index in [-0.39, 0.29) is 17.4 Å². The quantitative estimate of drug-likeness (QED) is 0.702. The molecule has 168 valence electrons. The van der Waals surface area contributed by atoms with Crippen LogP contribution in [0.15, 0.2) is 10.6 Å². The Bertz CT molecular complexity index is 713. The van der Waals surface area contributed by atoms with E-state index >= 15 is 0 Å². The highest BCUT2D eigenvalue weighted by molar-refractivity contribution is 5.79. The van der Waals surface area contributed by atoms with Gasteiger partial charge in [0.15, 0.2) is 5.76 Å². The van der Waals surface area contributed by atoms with Gasteiger partial charge in [-0.25, -0.2) is 0 Å². The van der Waals surface area contributed by atoms with Crippen molar-refractivity contribution in [2.45, 2.75) is 39.8 Å². The van der Waals surface area contributed by atoms with E-state index in [0.717, 1.165) is 57.3 Å². The molecule has 0 atom stereocenters. The van der Waals surface area contributed by atoms with Gasteiger partial charge in [-0.1, -0.05) is 5.16 Å². The minimum Gasteiger partial charge on any atom is -0.360 e. The second-order valence-corrected chi connectivity index (χ2v) is 9.44. The Kier molecular flexibility index (Phi) is 7.49. The van der Waals surface area contributed by atoms with Crippen LogP contribution < -0.4 is 5.32 Å². The number of hydrogen-bond donors (Lipinski definition) is 1. The van der Waals surface area contributed by atoms with Crippen molar-refractivity contribution < 1.29 is 14.1 Å². The van der Waals surface area contributed by atoms with Crippen LogP contribution in [-0.2, 0) is 16.1 Å². The maximum atomic E-state index is 12.7. The minimum atomic E-state index is -0.216. The van der Waals surface area contributed by atoms with Gasteiger partial charge in [-0.15, -0.1) is 0 Å². The van der Waals surface area contributed by atoms with E-state index in [1.165, 1.54) is 0 Å². The van der Waals surface area contributed by atoms with E-state index in [1.807, 2.05) is 38.7 Å². The number of aryl methyl sites for hydroxylation is 1. The summed E-state index contributed by atoms with van der Waals surface area (Å²) < 4.78 is 5.30. The molecule has 0 radical (unpaired) electrons. The molecule has 1 N–H and O–H groups in total. The predicted molar refractivity (Wildman–Crippen MR) is 114 cm³/mol. The third-order valence-electron chi connectivity index (χ3n) is 5.49. The highest BCUT2D eigenvalue weighted by Gasteiger charge is 2.26. The van der Waals surface area contributed by atoms with Gasteiger partial charge < -0.3 is 14.7 Å². The van der Waals surface area contributed by atoms with Crippen molar-refractivity contribution >= 4 is 11.8 Å². The molecule has 0 unspecified atom stereocenters. The number of nitrogens with one attached hydrogen (secondary N) is 1. The van der Waals surface area contributed by atoms with Gasteiger partial charge in [0, 0.05) is 64.0 Å². The second-order valence-electron chi connectivity index (χ2n) is 9.44. The third kappa shape index (κ3) is 7.07. The number of rotatable bonds is 6. The van der Waals surface area contributed by atoms with Gasteiger partial charge in [-0.2, -0.15) is 0 Å². The van der Waals surface area contributed by atoms with Gasteiger partial charge in [-0.3, -0.25) is 24.3 Å². The summed E-state index contributed by atoms with van der Waals surface area (Å²) in [5.41, 5.74) is 0.691. The Labute approximate surface area is 179 Å². The summed E-state index contributed by atoms with van der Waals surface area (Å²) in [4.78, 5) is 33.4. The standard InChI is InChI=1S/C21H36N6O3/c1-17-13-18(30-23-17)14-24-5-7-26(8-6-24)16-20(29)27-11-9-25(10-12-27)15-19(28)22-21(2,3)4/h13H,5-12,14-16H2,1-4H3,(H,22,28). The Morgan fingerprint density at radius 2 is 1.53 bits per heavy atom. The Morgan fingerprint density at radius 3 is 2.10 bits per heavy atom. The maximum Gasteiger partial charge on any atom is 0.236 e. The second kappa shape index (κ2) is 9.89. The predicted octanol–water partition coefficient (Wildman–Crippen LogP) is 0.160. The van der Waals surface area contributed by atoms with E-state index in [2.05, 4.69) is 25.2 Å². The number of carbonyl (C=O) groups excluding carboxylic acids is 2.